The van der Waals surface area contributed by atoms with Gasteiger partial charge in [0.2, 0.25) is 0 Å². The van der Waals surface area contributed by atoms with Crippen LogP contribution in [0.3, 0.4) is 0 Å². The summed E-state index contributed by atoms with van der Waals surface area (Å²) in [6.07, 6.45) is 7.24. The molecule has 2 rings (SSSR count). The van der Waals surface area contributed by atoms with Gasteiger partial charge in [0.05, 0.1) is 0 Å². The van der Waals surface area contributed by atoms with Crippen molar-refractivity contribution < 1.29 is 13.2 Å². The van der Waals surface area contributed by atoms with E-state index < -0.39 is 5.51 Å². The van der Waals surface area contributed by atoms with Gasteiger partial charge in [-0.05, 0) is 49.9 Å². The zero-order chi connectivity index (χ0) is 13.7. The normalized spacial score (nSPS) is 32.7. The number of hydrogen-bond donors (Lipinski definition) is 2. The SMILES string of the molecule is FC(F)(F)SCCNC1CCCCC1C1CCCN1. The lowest BCUT2D eigenvalue weighted by atomic mass is 9.79. The molecule has 1 saturated carbocycles. The van der Waals surface area contributed by atoms with Crippen molar-refractivity contribution in [2.24, 2.45) is 5.92 Å². The highest BCUT2D eigenvalue weighted by atomic mass is 32.2. The molecule has 0 aromatic heterocycles. The van der Waals surface area contributed by atoms with Crippen molar-refractivity contribution in [3.05, 3.63) is 0 Å². The summed E-state index contributed by atoms with van der Waals surface area (Å²) in [5.74, 6) is 0.720. The third-order valence-electron chi connectivity index (χ3n) is 4.21. The van der Waals surface area contributed by atoms with Crippen LogP contribution in [-0.2, 0) is 0 Å². The average molecular weight is 296 g/mol. The monoisotopic (exact) mass is 296 g/mol. The van der Waals surface area contributed by atoms with Gasteiger partial charge in [-0.3, -0.25) is 0 Å². The lowest BCUT2D eigenvalue weighted by Crippen LogP contribution is -2.47. The molecule has 2 fully saturated rings. The third-order valence-corrected chi connectivity index (χ3v) is 4.94. The second kappa shape index (κ2) is 7.18. The average Bonchev–Trinajstić information content (AvgIpc) is 2.88. The Morgan fingerprint density at radius 3 is 2.58 bits per heavy atom. The van der Waals surface area contributed by atoms with E-state index in [1.165, 1.54) is 32.1 Å². The molecule has 1 saturated heterocycles. The molecule has 0 radical (unpaired) electrons. The molecule has 3 atom stereocenters. The van der Waals surface area contributed by atoms with Crippen LogP contribution in [0.1, 0.15) is 38.5 Å². The second-order valence-electron chi connectivity index (χ2n) is 5.51. The fourth-order valence-corrected chi connectivity index (χ4v) is 3.83. The van der Waals surface area contributed by atoms with Crippen molar-refractivity contribution >= 4 is 11.8 Å². The first-order chi connectivity index (χ1) is 9.06. The summed E-state index contributed by atoms with van der Waals surface area (Å²) < 4.78 is 36.2. The van der Waals surface area contributed by atoms with Crippen LogP contribution in [0.2, 0.25) is 0 Å². The largest absolute Gasteiger partial charge is 0.441 e. The van der Waals surface area contributed by atoms with Crippen molar-refractivity contribution in [3.63, 3.8) is 0 Å². The summed E-state index contributed by atoms with van der Waals surface area (Å²) >= 11 is 0.0775. The first-order valence-corrected chi connectivity index (χ1v) is 8.22. The van der Waals surface area contributed by atoms with E-state index in [2.05, 4.69) is 10.6 Å². The third kappa shape index (κ3) is 5.16. The molecule has 2 N–H and O–H groups in total. The summed E-state index contributed by atoms with van der Waals surface area (Å²) in [4.78, 5) is 0. The number of hydrogen-bond acceptors (Lipinski definition) is 3. The van der Waals surface area contributed by atoms with Crippen molar-refractivity contribution in [2.75, 3.05) is 18.8 Å². The van der Waals surface area contributed by atoms with Crippen LogP contribution >= 0.6 is 11.8 Å². The van der Waals surface area contributed by atoms with Gasteiger partial charge in [-0.1, -0.05) is 12.8 Å². The zero-order valence-corrected chi connectivity index (χ0v) is 12.0. The lowest BCUT2D eigenvalue weighted by molar-refractivity contribution is -0.0327. The van der Waals surface area contributed by atoms with E-state index in [0.29, 0.717) is 24.5 Å². The summed E-state index contributed by atoms with van der Waals surface area (Å²) in [6, 6.07) is 0.978. The van der Waals surface area contributed by atoms with Gasteiger partial charge in [-0.2, -0.15) is 13.2 Å². The number of rotatable bonds is 5. The predicted molar refractivity (Wildman–Crippen MR) is 73.3 cm³/mol. The van der Waals surface area contributed by atoms with E-state index in [1.807, 2.05) is 0 Å². The summed E-state index contributed by atoms with van der Waals surface area (Å²) in [7, 11) is 0. The van der Waals surface area contributed by atoms with E-state index >= 15 is 0 Å². The minimum atomic E-state index is -4.10. The number of halogens is 3. The fourth-order valence-electron chi connectivity index (χ4n) is 3.38. The van der Waals surface area contributed by atoms with E-state index in [1.54, 1.807) is 0 Å². The minimum absolute atomic E-state index is 0.0775. The second-order valence-corrected chi connectivity index (χ2v) is 6.67. The Kier molecular flexibility index (Phi) is 5.84. The van der Waals surface area contributed by atoms with Gasteiger partial charge >= 0.3 is 5.51 Å². The highest BCUT2D eigenvalue weighted by molar-refractivity contribution is 8.00. The maximum atomic E-state index is 12.1. The number of nitrogens with one attached hydrogen (secondary N) is 2. The summed E-state index contributed by atoms with van der Waals surface area (Å²) in [6.45, 7) is 1.55. The maximum absolute atomic E-state index is 12.1. The van der Waals surface area contributed by atoms with E-state index in [0.717, 1.165) is 13.0 Å². The zero-order valence-electron chi connectivity index (χ0n) is 11.1. The smallest absolute Gasteiger partial charge is 0.314 e. The van der Waals surface area contributed by atoms with Crippen molar-refractivity contribution in [1.82, 2.24) is 10.6 Å². The van der Waals surface area contributed by atoms with Crippen LogP contribution < -0.4 is 10.6 Å². The molecule has 2 nitrogen and oxygen atoms in total. The molecule has 1 heterocycles. The van der Waals surface area contributed by atoms with Gasteiger partial charge in [0, 0.05) is 24.4 Å². The van der Waals surface area contributed by atoms with Gasteiger partial charge in [-0.25, -0.2) is 0 Å². The number of thioether (sulfide) groups is 1. The molecule has 0 spiro atoms. The number of alkyl halides is 3. The molecule has 19 heavy (non-hydrogen) atoms. The van der Waals surface area contributed by atoms with Gasteiger partial charge in [0.25, 0.3) is 0 Å². The lowest BCUT2D eigenvalue weighted by Gasteiger charge is -2.36. The Morgan fingerprint density at radius 1 is 1.11 bits per heavy atom. The van der Waals surface area contributed by atoms with E-state index in [-0.39, 0.29) is 17.5 Å². The Hall–Kier alpha value is 0.0600. The molecule has 6 heteroatoms. The molecule has 0 amide bonds. The Bertz CT molecular complexity index is 267. The van der Waals surface area contributed by atoms with Crippen LogP contribution in [0.5, 0.6) is 0 Å². The first-order valence-electron chi connectivity index (χ1n) is 7.24. The molecular formula is C13H23F3N2S. The summed E-state index contributed by atoms with van der Waals surface area (Å²) in [5.41, 5.74) is -4.10. The van der Waals surface area contributed by atoms with Crippen LogP contribution in [0.25, 0.3) is 0 Å². The fraction of sp³-hybridized carbons (Fsp3) is 1.00. The van der Waals surface area contributed by atoms with Crippen LogP contribution in [-0.4, -0.2) is 36.4 Å². The molecule has 1 aliphatic heterocycles. The maximum Gasteiger partial charge on any atom is 0.441 e. The highest BCUT2D eigenvalue weighted by Crippen LogP contribution is 2.32. The Labute approximate surface area is 117 Å². The van der Waals surface area contributed by atoms with E-state index in [9.17, 15) is 13.2 Å². The van der Waals surface area contributed by atoms with Gasteiger partial charge < -0.3 is 10.6 Å². The van der Waals surface area contributed by atoms with Crippen LogP contribution in [0.15, 0.2) is 0 Å². The molecule has 3 unspecified atom stereocenters. The van der Waals surface area contributed by atoms with Gasteiger partial charge in [-0.15, -0.1) is 0 Å². The molecule has 112 valence electrons. The van der Waals surface area contributed by atoms with Crippen LogP contribution in [0.4, 0.5) is 13.2 Å². The standard InChI is InChI=1S/C13H23F3N2S/c14-13(15,16)19-9-8-18-11-5-2-1-4-10(11)12-6-3-7-17-12/h10-12,17-18H,1-9H2. The van der Waals surface area contributed by atoms with Gasteiger partial charge in [0.15, 0.2) is 0 Å². The minimum Gasteiger partial charge on any atom is -0.314 e. The summed E-state index contributed by atoms with van der Waals surface area (Å²) in [5, 5.41) is 6.91. The van der Waals surface area contributed by atoms with Crippen molar-refractivity contribution in [3.8, 4) is 0 Å². The molecular weight excluding hydrogens is 273 g/mol. The quantitative estimate of drug-likeness (QED) is 0.762. The molecule has 2 aliphatic rings. The topological polar surface area (TPSA) is 24.1 Å². The molecule has 0 aromatic rings. The van der Waals surface area contributed by atoms with Gasteiger partial charge in [0.1, 0.15) is 0 Å². The molecule has 1 aliphatic carbocycles. The van der Waals surface area contributed by atoms with E-state index in [4.69, 9.17) is 0 Å². The molecule has 0 aromatic carbocycles. The highest BCUT2D eigenvalue weighted by Gasteiger charge is 2.33. The first kappa shape index (κ1) is 15.4. The molecule has 0 bridgehead atoms. The Balaban J connectivity index is 1.73. The van der Waals surface area contributed by atoms with Crippen LogP contribution in [0, 0.1) is 5.92 Å². The van der Waals surface area contributed by atoms with Crippen molar-refractivity contribution in [1.29, 1.82) is 0 Å². The predicted octanol–water partition coefficient (Wildman–Crippen LogP) is 3.14. The van der Waals surface area contributed by atoms with Crippen molar-refractivity contribution in [2.45, 2.75) is 56.1 Å². The Morgan fingerprint density at radius 2 is 1.89 bits per heavy atom.